The molecule has 2 aliphatic heterocycles. The average molecular weight is 329 g/mol. The van der Waals surface area contributed by atoms with Crippen molar-refractivity contribution in [2.24, 2.45) is 0 Å². The van der Waals surface area contributed by atoms with Crippen molar-refractivity contribution in [1.82, 2.24) is 14.9 Å². The van der Waals surface area contributed by atoms with Crippen molar-refractivity contribution < 1.29 is 8.42 Å². The van der Waals surface area contributed by atoms with Gasteiger partial charge in [0.1, 0.15) is 0 Å². The summed E-state index contributed by atoms with van der Waals surface area (Å²) in [5.74, 6) is 0. The molecule has 2 unspecified atom stereocenters. The number of aryl methyl sites for hydroxylation is 1. The monoisotopic (exact) mass is 329 g/mol. The van der Waals surface area contributed by atoms with Crippen LogP contribution in [0.3, 0.4) is 0 Å². The van der Waals surface area contributed by atoms with E-state index < -0.39 is 10.0 Å². The molecular formula is C14H23N3O2S2. The lowest BCUT2D eigenvalue weighted by molar-refractivity contribution is 0.309. The minimum Gasteiger partial charge on any atom is -0.315 e. The molecule has 2 aliphatic rings. The van der Waals surface area contributed by atoms with Crippen LogP contribution >= 0.6 is 11.3 Å². The van der Waals surface area contributed by atoms with E-state index in [9.17, 15) is 8.42 Å². The van der Waals surface area contributed by atoms with E-state index in [1.165, 1.54) is 6.42 Å². The van der Waals surface area contributed by atoms with E-state index in [-0.39, 0.29) is 6.04 Å². The zero-order valence-electron chi connectivity index (χ0n) is 12.6. The van der Waals surface area contributed by atoms with Gasteiger partial charge >= 0.3 is 0 Å². The topological polar surface area (TPSA) is 61.4 Å². The number of sulfonamides is 1. The molecule has 7 heteroatoms. The minimum absolute atomic E-state index is 0.0737. The number of nitrogens with one attached hydrogen (secondary N) is 2. The van der Waals surface area contributed by atoms with Gasteiger partial charge in [-0.25, -0.2) is 13.1 Å². The molecule has 0 radical (unpaired) electrons. The van der Waals surface area contributed by atoms with Gasteiger partial charge in [0, 0.05) is 34.9 Å². The van der Waals surface area contributed by atoms with Gasteiger partial charge in [-0.05, 0) is 45.8 Å². The zero-order chi connectivity index (χ0) is 15.0. The van der Waals surface area contributed by atoms with Gasteiger partial charge < -0.3 is 5.32 Å². The molecule has 5 nitrogen and oxygen atoms in total. The van der Waals surface area contributed by atoms with Crippen LogP contribution in [0.5, 0.6) is 0 Å². The molecule has 0 aliphatic carbocycles. The third-order valence-electron chi connectivity index (χ3n) is 4.48. The zero-order valence-corrected chi connectivity index (χ0v) is 14.2. The van der Waals surface area contributed by atoms with Gasteiger partial charge in [0.2, 0.25) is 10.0 Å². The van der Waals surface area contributed by atoms with Crippen molar-refractivity contribution in [3.63, 3.8) is 0 Å². The maximum Gasteiger partial charge on any atom is 0.241 e. The Morgan fingerprint density at radius 2 is 2.19 bits per heavy atom. The summed E-state index contributed by atoms with van der Waals surface area (Å²) in [7, 11) is -1.53. The maximum atomic E-state index is 12.7. The highest BCUT2D eigenvalue weighted by atomic mass is 32.2. The summed E-state index contributed by atoms with van der Waals surface area (Å²) in [4.78, 5) is 4.80. The summed E-state index contributed by atoms with van der Waals surface area (Å²) < 4.78 is 28.3. The summed E-state index contributed by atoms with van der Waals surface area (Å²) >= 11 is 1.55. The maximum absolute atomic E-state index is 12.7. The lowest BCUT2D eigenvalue weighted by Crippen LogP contribution is -2.42. The SMILES string of the molecule is CNCc1cc(S(=O)(=O)NC2CCN3CCCC23)c(C)s1. The predicted octanol–water partition coefficient (Wildman–Crippen LogP) is 1.29. The molecule has 3 heterocycles. The first-order valence-electron chi connectivity index (χ1n) is 7.51. The number of fused-ring (bicyclic) bond motifs is 1. The third-order valence-corrected chi connectivity index (χ3v) is 7.27. The molecule has 2 atom stereocenters. The number of nitrogens with zero attached hydrogens (tertiary/aromatic N) is 1. The van der Waals surface area contributed by atoms with Gasteiger partial charge in [-0.1, -0.05) is 0 Å². The Morgan fingerprint density at radius 3 is 2.95 bits per heavy atom. The van der Waals surface area contributed by atoms with Gasteiger partial charge in [0.25, 0.3) is 0 Å². The smallest absolute Gasteiger partial charge is 0.241 e. The Labute approximate surface area is 130 Å². The van der Waals surface area contributed by atoms with Crippen molar-refractivity contribution in [2.75, 3.05) is 20.1 Å². The van der Waals surface area contributed by atoms with Gasteiger partial charge in [-0.15, -0.1) is 11.3 Å². The summed E-state index contributed by atoms with van der Waals surface area (Å²) in [6.45, 7) is 4.73. The van der Waals surface area contributed by atoms with Crippen LogP contribution in [0.25, 0.3) is 0 Å². The van der Waals surface area contributed by atoms with E-state index in [0.717, 1.165) is 35.7 Å². The number of hydrogen-bond donors (Lipinski definition) is 2. The molecule has 2 fully saturated rings. The van der Waals surface area contributed by atoms with E-state index in [4.69, 9.17) is 0 Å². The molecule has 0 aromatic carbocycles. The van der Waals surface area contributed by atoms with Gasteiger partial charge in [0.05, 0.1) is 4.90 Å². The molecule has 3 rings (SSSR count). The molecule has 0 spiro atoms. The summed E-state index contributed by atoms with van der Waals surface area (Å²) in [5.41, 5.74) is 0. The highest BCUT2D eigenvalue weighted by Crippen LogP contribution is 2.30. The van der Waals surface area contributed by atoms with Crippen molar-refractivity contribution in [3.05, 3.63) is 15.8 Å². The normalized spacial score (nSPS) is 26.4. The molecule has 2 N–H and O–H groups in total. The van der Waals surface area contributed by atoms with E-state index >= 15 is 0 Å². The van der Waals surface area contributed by atoms with Crippen LogP contribution in [0, 0.1) is 6.92 Å². The first-order chi connectivity index (χ1) is 10.0. The van der Waals surface area contributed by atoms with Crippen molar-refractivity contribution in [1.29, 1.82) is 0 Å². The van der Waals surface area contributed by atoms with Crippen LogP contribution in [-0.2, 0) is 16.6 Å². The van der Waals surface area contributed by atoms with Crippen LogP contribution in [0.1, 0.15) is 29.0 Å². The lowest BCUT2D eigenvalue weighted by atomic mass is 10.1. The molecule has 21 heavy (non-hydrogen) atoms. The third kappa shape index (κ3) is 3.03. The van der Waals surface area contributed by atoms with E-state index in [1.807, 2.05) is 14.0 Å². The Balaban J connectivity index is 1.77. The Morgan fingerprint density at radius 1 is 1.38 bits per heavy atom. The second kappa shape index (κ2) is 5.96. The fourth-order valence-corrected chi connectivity index (χ4v) is 6.49. The van der Waals surface area contributed by atoms with Gasteiger partial charge in [-0.3, -0.25) is 4.90 Å². The average Bonchev–Trinajstić information content (AvgIpc) is 3.08. The Bertz CT molecular complexity index is 612. The largest absolute Gasteiger partial charge is 0.315 e. The second-order valence-corrected chi connectivity index (χ2v) is 8.95. The van der Waals surface area contributed by atoms with Crippen molar-refractivity contribution in [3.8, 4) is 0 Å². The molecule has 118 valence electrons. The lowest BCUT2D eigenvalue weighted by Gasteiger charge is -2.21. The van der Waals surface area contributed by atoms with Crippen LogP contribution in [0.4, 0.5) is 0 Å². The van der Waals surface area contributed by atoms with Crippen LogP contribution in [-0.4, -0.2) is 45.5 Å². The van der Waals surface area contributed by atoms with Crippen LogP contribution in [0.2, 0.25) is 0 Å². The molecular weight excluding hydrogens is 306 g/mol. The quantitative estimate of drug-likeness (QED) is 0.855. The number of rotatable bonds is 5. The van der Waals surface area contributed by atoms with E-state index in [2.05, 4.69) is 14.9 Å². The molecule has 1 aromatic rings. The number of hydrogen-bond acceptors (Lipinski definition) is 5. The predicted molar refractivity (Wildman–Crippen MR) is 85.1 cm³/mol. The first-order valence-corrected chi connectivity index (χ1v) is 9.81. The molecule has 0 saturated carbocycles. The minimum atomic E-state index is -3.40. The summed E-state index contributed by atoms with van der Waals surface area (Å²) in [5, 5.41) is 3.07. The Kier molecular flexibility index (Phi) is 4.38. The molecule has 2 saturated heterocycles. The highest BCUT2D eigenvalue weighted by molar-refractivity contribution is 7.89. The molecule has 0 bridgehead atoms. The molecule has 1 aromatic heterocycles. The van der Waals surface area contributed by atoms with Gasteiger partial charge in [-0.2, -0.15) is 0 Å². The fourth-order valence-electron chi connectivity index (χ4n) is 3.54. The van der Waals surface area contributed by atoms with E-state index in [0.29, 0.717) is 17.5 Å². The van der Waals surface area contributed by atoms with Crippen molar-refractivity contribution in [2.45, 2.75) is 49.7 Å². The highest BCUT2D eigenvalue weighted by Gasteiger charge is 2.39. The van der Waals surface area contributed by atoms with Crippen molar-refractivity contribution >= 4 is 21.4 Å². The van der Waals surface area contributed by atoms with Gasteiger partial charge in [0.15, 0.2) is 0 Å². The first kappa shape index (κ1) is 15.4. The Hall–Kier alpha value is -0.470. The molecule has 0 amide bonds. The summed E-state index contributed by atoms with van der Waals surface area (Å²) in [6, 6.07) is 2.28. The van der Waals surface area contributed by atoms with E-state index in [1.54, 1.807) is 17.4 Å². The second-order valence-electron chi connectivity index (χ2n) is 5.93. The standard InChI is InChI=1S/C14H23N3O2S2/c1-10-14(8-11(20-10)9-15-2)21(18,19)16-12-5-7-17-6-3-4-13(12)17/h8,12-13,15-16H,3-7,9H2,1-2H3. The van der Waals surface area contributed by atoms with Crippen LogP contribution in [0.15, 0.2) is 11.0 Å². The van der Waals surface area contributed by atoms with Crippen LogP contribution < -0.4 is 10.0 Å². The number of thiophene rings is 1. The summed E-state index contributed by atoms with van der Waals surface area (Å²) in [6.07, 6.45) is 3.23. The fraction of sp³-hybridized carbons (Fsp3) is 0.714.